The van der Waals surface area contributed by atoms with Gasteiger partial charge < -0.3 is 0 Å². The maximum absolute atomic E-state index is 7.65. The molecule has 3 nitrogen and oxygen atoms in total. The van der Waals surface area contributed by atoms with Gasteiger partial charge >= 0.3 is 253 Å². The van der Waals surface area contributed by atoms with Crippen molar-refractivity contribution in [2.75, 3.05) is 9.80 Å². The molecule has 4 rings (SSSR count). The third-order valence-corrected chi connectivity index (χ3v) is 13.6. The average molecular weight is 680 g/mol. The number of hydrogen-bond donors (Lipinski definition) is 0. The summed E-state index contributed by atoms with van der Waals surface area (Å²) in [7, 11) is 15.3. The molecule has 0 amide bonds. The quantitative estimate of drug-likeness (QED) is 0.219. The Morgan fingerprint density at radius 3 is 1.36 bits per heavy atom. The van der Waals surface area contributed by atoms with Gasteiger partial charge in [-0.05, 0) is 0 Å². The van der Waals surface area contributed by atoms with E-state index in [0.717, 1.165) is 0 Å². The molecule has 2 heterocycles. The molecule has 39 heavy (non-hydrogen) atoms. The Morgan fingerprint density at radius 1 is 0.641 bits per heavy atom. The summed E-state index contributed by atoms with van der Waals surface area (Å²) in [6.07, 6.45) is 8.18. The Bertz CT molecular complexity index is 1220. The summed E-state index contributed by atoms with van der Waals surface area (Å²) < 4.78 is 1.63. The summed E-state index contributed by atoms with van der Waals surface area (Å²) >= 11 is 2.99. The number of para-hydroxylation sites is 2. The van der Waals surface area contributed by atoms with Gasteiger partial charge in [0.1, 0.15) is 0 Å². The van der Waals surface area contributed by atoms with Gasteiger partial charge in [0.15, 0.2) is 0 Å². The predicted molar refractivity (Wildman–Crippen MR) is 166 cm³/mol. The number of hydrogen-bond acceptors (Lipinski definition) is 2. The van der Waals surface area contributed by atoms with E-state index < -0.39 is 13.7 Å². The summed E-state index contributed by atoms with van der Waals surface area (Å²) in [5.41, 5.74) is 7.54. The summed E-state index contributed by atoms with van der Waals surface area (Å²) in [5.74, 6) is 1.33. The Kier molecular flexibility index (Phi) is 9.47. The van der Waals surface area contributed by atoms with Crippen molar-refractivity contribution < 1.29 is 16.9 Å². The van der Waals surface area contributed by atoms with Crippen molar-refractivity contribution in [2.24, 2.45) is 0 Å². The van der Waals surface area contributed by atoms with Crippen LogP contribution < -0.4 is 13.0 Å². The topological polar surface area (TPSA) is 10.4 Å². The molecule has 1 aromatic heterocycles. The zero-order valence-electron chi connectivity index (χ0n) is 24.1. The standard InChI is InChI=1S/C27H37N2.C5H4ClN.2ClH.Pd/c1-18(2)22-11-9-12-23(19(3)4)26(22)28-15-16-29(17-28)27-24(20(5)6)13-10-14-25(27)21(7)8;6-5-2-1-3-7-4-5;;;/h9-21H,1-8H3;1-4H;2*1H;/q;;;;+3/p-2. The van der Waals surface area contributed by atoms with Gasteiger partial charge in [0, 0.05) is 0 Å². The molecule has 0 fully saturated rings. The van der Waals surface area contributed by atoms with Gasteiger partial charge in [0.2, 0.25) is 0 Å². The molecular formula is C32H41Cl3N3Pd+. The van der Waals surface area contributed by atoms with E-state index in [4.69, 9.17) is 30.7 Å². The number of aromatic nitrogens is 1. The fourth-order valence-corrected chi connectivity index (χ4v) is 10.9. The Labute approximate surface area is 251 Å². The van der Waals surface area contributed by atoms with Crippen molar-refractivity contribution in [1.82, 2.24) is 0 Å². The number of anilines is 2. The van der Waals surface area contributed by atoms with Crippen LogP contribution in [0, 0.1) is 0 Å². The van der Waals surface area contributed by atoms with Crippen LogP contribution in [0.1, 0.15) is 101 Å². The van der Waals surface area contributed by atoms with E-state index >= 15 is 0 Å². The number of pyridine rings is 1. The third kappa shape index (κ3) is 5.93. The molecule has 1 aliphatic rings. The van der Waals surface area contributed by atoms with E-state index in [9.17, 15) is 0 Å². The second-order valence-corrected chi connectivity index (χ2v) is 20.2. The van der Waals surface area contributed by atoms with Gasteiger partial charge in [-0.3, -0.25) is 0 Å². The van der Waals surface area contributed by atoms with Gasteiger partial charge in [-0.1, -0.05) is 0 Å². The summed E-state index contributed by atoms with van der Waals surface area (Å²) in [6, 6.07) is 17.1. The normalized spacial score (nSPS) is 15.1. The number of nitrogens with zero attached hydrogens (tertiary/aromatic N) is 3. The zero-order valence-corrected chi connectivity index (χ0v) is 27.9. The molecule has 0 saturated carbocycles. The molecule has 1 aliphatic heterocycles. The van der Waals surface area contributed by atoms with Crippen LogP contribution in [-0.2, 0) is 13.7 Å². The van der Waals surface area contributed by atoms with E-state index in [2.05, 4.69) is 114 Å². The molecule has 2 aromatic carbocycles. The third-order valence-electron chi connectivity index (χ3n) is 7.14. The first-order valence-electron chi connectivity index (χ1n) is 13.6. The van der Waals surface area contributed by atoms with Gasteiger partial charge in [-0.15, -0.1) is 0 Å². The van der Waals surface area contributed by atoms with Gasteiger partial charge in [0.05, 0.1) is 0 Å². The van der Waals surface area contributed by atoms with E-state index in [0.29, 0.717) is 28.7 Å². The zero-order chi connectivity index (χ0) is 28.6. The molecule has 0 saturated heterocycles. The monoisotopic (exact) mass is 678 g/mol. The van der Waals surface area contributed by atoms with Crippen LogP contribution in [-0.4, -0.2) is 4.64 Å². The molecule has 0 N–H and O–H groups in total. The van der Waals surface area contributed by atoms with Crippen LogP contribution in [0.15, 0.2) is 73.3 Å². The molecule has 0 unspecified atom stereocenters. The fourth-order valence-electron chi connectivity index (χ4n) is 5.20. The van der Waals surface area contributed by atoms with E-state index in [1.807, 2.05) is 27.7 Å². The van der Waals surface area contributed by atoms with Crippen molar-refractivity contribution in [3.8, 4) is 0 Å². The minimum atomic E-state index is -3.49. The molecule has 0 radical (unpaired) electrons. The average Bonchev–Trinajstić information content (AvgIpc) is 3.33. The Hall–Kier alpha value is -1.54. The predicted octanol–water partition coefficient (Wildman–Crippen LogP) is 10.1. The molecule has 214 valence electrons. The molecule has 0 aliphatic carbocycles. The second-order valence-electron chi connectivity index (χ2n) is 11.3. The number of benzene rings is 2. The molecule has 0 spiro atoms. The number of halogens is 3. The first-order valence-corrected chi connectivity index (χ1v) is 19.6. The van der Waals surface area contributed by atoms with Gasteiger partial charge in [-0.25, -0.2) is 0 Å². The fraction of sp³-hybridized carbons (Fsp3) is 0.406. The summed E-state index contributed by atoms with van der Waals surface area (Å²) in [5, 5.41) is 0.610. The van der Waals surface area contributed by atoms with Crippen molar-refractivity contribution in [2.45, 2.75) is 83.7 Å². The molecule has 7 heteroatoms. The Morgan fingerprint density at radius 2 is 1.03 bits per heavy atom. The van der Waals surface area contributed by atoms with Crippen LogP contribution in [0.2, 0.25) is 5.02 Å². The maximum atomic E-state index is 7.65. The van der Waals surface area contributed by atoms with Crippen molar-refractivity contribution in [3.63, 3.8) is 0 Å². The summed E-state index contributed by atoms with van der Waals surface area (Å²) in [4.78, 5) is 4.69. The minimum absolute atomic E-state index is 0.331. The van der Waals surface area contributed by atoms with E-state index in [1.54, 1.807) is 0 Å². The van der Waals surface area contributed by atoms with Gasteiger partial charge in [0.25, 0.3) is 0 Å². The number of rotatable bonds is 8. The van der Waals surface area contributed by atoms with Crippen LogP contribution >= 0.6 is 30.7 Å². The molecule has 0 bridgehead atoms. The van der Waals surface area contributed by atoms with E-state index in [-0.39, 0.29) is 4.64 Å². The second kappa shape index (κ2) is 12.1. The van der Waals surface area contributed by atoms with Crippen molar-refractivity contribution >= 4 is 42.0 Å². The first-order chi connectivity index (χ1) is 18.4. The van der Waals surface area contributed by atoms with Crippen LogP contribution in [0.3, 0.4) is 0 Å². The molecule has 0 atom stereocenters. The van der Waals surface area contributed by atoms with Gasteiger partial charge in [-0.2, -0.15) is 0 Å². The first kappa shape index (κ1) is 30.4. The van der Waals surface area contributed by atoms with Crippen molar-refractivity contribution in [3.05, 3.63) is 101 Å². The Balaban J connectivity index is 2.04. The van der Waals surface area contributed by atoms with Crippen molar-refractivity contribution in [1.29, 1.82) is 0 Å². The van der Waals surface area contributed by atoms with Crippen LogP contribution in [0.4, 0.5) is 11.4 Å². The SMILES string of the molecule is CC(C)c1cccc(C(C)C)c1N1C=CN(c2c(C(C)C)cccc2C(C)C)[CH]1[Pd]([Cl])([Cl])[n+]1cccc(Cl)c1. The van der Waals surface area contributed by atoms with Crippen LogP contribution in [0.5, 0.6) is 0 Å². The van der Waals surface area contributed by atoms with Crippen LogP contribution in [0.25, 0.3) is 0 Å². The molecule has 3 aromatic rings. The molecular weight excluding hydrogens is 639 g/mol. The van der Waals surface area contributed by atoms with E-state index in [1.165, 1.54) is 33.6 Å². The summed E-state index contributed by atoms with van der Waals surface area (Å²) in [6.45, 7) is 18.0.